The van der Waals surface area contributed by atoms with Crippen molar-refractivity contribution in [1.82, 2.24) is 4.31 Å². The minimum absolute atomic E-state index is 0.289. The lowest BCUT2D eigenvalue weighted by atomic mass is 10.4. The van der Waals surface area contributed by atoms with E-state index in [1.54, 1.807) is 0 Å². The second-order valence-electron chi connectivity index (χ2n) is 2.20. The van der Waals surface area contributed by atoms with Crippen LogP contribution in [0.1, 0.15) is 19.8 Å². The first-order chi connectivity index (χ1) is 5.59. The van der Waals surface area contributed by atoms with Gasteiger partial charge in [-0.05, 0) is 6.42 Å². The van der Waals surface area contributed by atoms with E-state index in [0.717, 1.165) is 12.8 Å². The first-order valence-electron chi connectivity index (χ1n) is 3.61. The number of ether oxygens (including phenoxy) is 1. The lowest BCUT2D eigenvalue weighted by molar-refractivity contribution is 0.128. The Kier molecular flexibility index (Phi) is 5.65. The van der Waals surface area contributed by atoms with E-state index in [1.165, 1.54) is 7.05 Å². The Morgan fingerprint density at radius 2 is 2.25 bits per heavy atom. The first kappa shape index (κ1) is 11.4. The van der Waals surface area contributed by atoms with E-state index in [4.69, 9.17) is 4.55 Å². The first-order valence-corrected chi connectivity index (χ1v) is 4.67. The predicted octanol–water partition coefficient (Wildman–Crippen LogP) is 0.992. The van der Waals surface area contributed by atoms with Crippen molar-refractivity contribution < 1.29 is 18.3 Å². The van der Waals surface area contributed by atoms with Crippen LogP contribution >= 0.6 is 0 Å². The number of amides is 1. The number of carbonyl (C=O) groups excluding carboxylic acids is 1. The standard InChI is InChI=1S/C6H13NO4S/c1-3-4-5-11-6(8)7(2)12(9)10/h3-5H2,1-2H3,(H,9,10). The topological polar surface area (TPSA) is 66.8 Å². The largest absolute Gasteiger partial charge is 0.449 e. The van der Waals surface area contributed by atoms with Crippen molar-refractivity contribution in [1.29, 1.82) is 0 Å². The Hall–Kier alpha value is -0.620. The van der Waals surface area contributed by atoms with Crippen LogP contribution in [0.5, 0.6) is 0 Å². The minimum atomic E-state index is -2.29. The zero-order chi connectivity index (χ0) is 9.56. The summed E-state index contributed by atoms with van der Waals surface area (Å²) < 4.78 is 24.0. The monoisotopic (exact) mass is 195 g/mol. The summed E-state index contributed by atoms with van der Waals surface area (Å²) in [6, 6.07) is 0. The molecule has 0 aliphatic carbocycles. The van der Waals surface area contributed by atoms with E-state index in [9.17, 15) is 9.00 Å². The second kappa shape index (κ2) is 5.96. The zero-order valence-corrected chi connectivity index (χ0v) is 7.97. The molecule has 0 aliphatic rings. The van der Waals surface area contributed by atoms with Crippen LogP contribution in [0.15, 0.2) is 0 Å². The van der Waals surface area contributed by atoms with Crippen LogP contribution in [-0.2, 0) is 16.0 Å². The molecule has 0 saturated heterocycles. The van der Waals surface area contributed by atoms with Crippen LogP contribution < -0.4 is 0 Å². The highest BCUT2D eigenvalue weighted by Gasteiger charge is 2.13. The van der Waals surface area contributed by atoms with Crippen molar-refractivity contribution in [2.24, 2.45) is 0 Å². The highest BCUT2D eigenvalue weighted by molar-refractivity contribution is 7.77. The van der Waals surface area contributed by atoms with Gasteiger partial charge in [0.1, 0.15) is 0 Å². The minimum Gasteiger partial charge on any atom is -0.449 e. The molecule has 0 aliphatic heterocycles. The third-order valence-corrected chi connectivity index (χ3v) is 1.83. The molecule has 1 N–H and O–H groups in total. The summed E-state index contributed by atoms with van der Waals surface area (Å²) in [4.78, 5) is 10.8. The van der Waals surface area contributed by atoms with Crippen LogP contribution in [0, 0.1) is 0 Å². The van der Waals surface area contributed by atoms with Gasteiger partial charge in [-0.1, -0.05) is 13.3 Å². The molecule has 0 bridgehead atoms. The van der Waals surface area contributed by atoms with Crippen molar-refractivity contribution in [2.45, 2.75) is 19.8 Å². The number of rotatable bonds is 4. The number of carbonyl (C=O) groups is 1. The SMILES string of the molecule is CCCCOC(=O)N(C)S(=O)O. The Bertz CT molecular complexity index is 173. The van der Waals surface area contributed by atoms with Crippen LogP contribution in [0.25, 0.3) is 0 Å². The van der Waals surface area contributed by atoms with Crippen LogP contribution in [0.2, 0.25) is 0 Å². The van der Waals surface area contributed by atoms with E-state index in [-0.39, 0.29) is 6.61 Å². The average Bonchev–Trinajstić information content (AvgIpc) is 2.03. The maximum Gasteiger partial charge on any atom is 0.423 e. The normalized spacial score (nSPS) is 12.2. The smallest absolute Gasteiger partial charge is 0.423 e. The molecule has 1 unspecified atom stereocenters. The maximum absolute atomic E-state index is 10.8. The lowest BCUT2D eigenvalue weighted by Crippen LogP contribution is -2.29. The zero-order valence-electron chi connectivity index (χ0n) is 7.15. The van der Waals surface area contributed by atoms with E-state index in [2.05, 4.69) is 4.74 Å². The summed E-state index contributed by atoms with van der Waals surface area (Å²) in [5.74, 6) is 0. The van der Waals surface area contributed by atoms with Crippen molar-refractivity contribution >= 4 is 17.4 Å². The molecule has 1 amide bonds. The van der Waals surface area contributed by atoms with Gasteiger partial charge in [0.05, 0.1) is 6.61 Å². The fraction of sp³-hybridized carbons (Fsp3) is 0.833. The molecule has 72 valence electrons. The summed E-state index contributed by atoms with van der Waals surface area (Å²) in [5, 5.41) is 0. The summed E-state index contributed by atoms with van der Waals surface area (Å²) in [6.45, 7) is 2.25. The van der Waals surface area contributed by atoms with Crippen LogP contribution in [0.4, 0.5) is 4.79 Å². The molecule has 0 aromatic carbocycles. The highest BCUT2D eigenvalue weighted by Crippen LogP contribution is 1.95. The summed E-state index contributed by atoms with van der Waals surface area (Å²) >= 11 is -2.29. The van der Waals surface area contributed by atoms with Gasteiger partial charge in [-0.2, -0.15) is 0 Å². The number of hydrogen-bond acceptors (Lipinski definition) is 3. The molecule has 0 aromatic rings. The molecular weight excluding hydrogens is 182 g/mol. The molecule has 0 heterocycles. The summed E-state index contributed by atoms with van der Waals surface area (Å²) in [6.07, 6.45) is 0.904. The lowest BCUT2D eigenvalue weighted by Gasteiger charge is -2.11. The second-order valence-corrected chi connectivity index (χ2v) is 3.21. The molecule has 0 radical (unpaired) electrons. The van der Waals surface area contributed by atoms with Gasteiger partial charge in [-0.3, -0.25) is 4.55 Å². The molecular formula is C6H13NO4S. The van der Waals surface area contributed by atoms with Crippen molar-refractivity contribution in [3.8, 4) is 0 Å². The fourth-order valence-corrected chi connectivity index (χ4v) is 0.639. The fourth-order valence-electron chi connectivity index (χ4n) is 0.458. The van der Waals surface area contributed by atoms with Crippen molar-refractivity contribution in [2.75, 3.05) is 13.7 Å². The predicted molar refractivity (Wildman–Crippen MR) is 44.8 cm³/mol. The Morgan fingerprint density at radius 3 is 2.67 bits per heavy atom. The molecule has 5 nitrogen and oxygen atoms in total. The number of nitrogens with zero attached hydrogens (tertiary/aromatic N) is 1. The quantitative estimate of drug-likeness (QED) is 0.536. The molecule has 0 aromatic heterocycles. The van der Waals surface area contributed by atoms with Crippen molar-refractivity contribution in [3.63, 3.8) is 0 Å². The van der Waals surface area contributed by atoms with E-state index >= 15 is 0 Å². The molecule has 0 rings (SSSR count). The van der Waals surface area contributed by atoms with E-state index < -0.39 is 17.4 Å². The molecule has 6 heteroatoms. The summed E-state index contributed by atoms with van der Waals surface area (Å²) in [5.41, 5.74) is 0. The molecule has 0 spiro atoms. The highest BCUT2D eigenvalue weighted by atomic mass is 32.2. The van der Waals surface area contributed by atoms with Gasteiger partial charge < -0.3 is 4.74 Å². The van der Waals surface area contributed by atoms with Gasteiger partial charge in [0.2, 0.25) is 0 Å². The van der Waals surface area contributed by atoms with Gasteiger partial charge in [0, 0.05) is 7.05 Å². The van der Waals surface area contributed by atoms with Gasteiger partial charge in [-0.15, -0.1) is 0 Å². The molecule has 0 fully saturated rings. The van der Waals surface area contributed by atoms with Gasteiger partial charge >= 0.3 is 6.09 Å². The Labute approximate surface area is 74.1 Å². The maximum atomic E-state index is 10.8. The number of unbranched alkanes of at least 4 members (excludes halogenated alkanes) is 1. The van der Waals surface area contributed by atoms with E-state index in [0.29, 0.717) is 4.31 Å². The molecule has 1 atom stereocenters. The number of hydrogen-bond donors (Lipinski definition) is 1. The Morgan fingerprint density at radius 1 is 1.67 bits per heavy atom. The molecule has 0 saturated carbocycles. The van der Waals surface area contributed by atoms with Crippen LogP contribution in [0.3, 0.4) is 0 Å². The van der Waals surface area contributed by atoms with Gasteiger partial charge in [0.15, 0.2) is 0 Å². The van der Waals surface area contributed by atoms with Gasteiger partial charge in [-0.25, -0.2) is 13.3 Å². The molecule has 12 heavy (non-hydrogen) atoms. The van der Waals surface area contributed by atoms with Gasteiger partial charge in [0.25, 0.3) is 11.3 Å². The van der Waals surface area contributed by atoms with Crippen LogP contribution in [-0.4, -0.2) is 32.8 Å². The third kappa shape index (κ3) is 4.30. The van der Waals surface area contributed by atoms with Crippen molar-refractivity contribution in [3.05, 3.63) is 0 Å². The average molecular weight is 195 g/mol. The third-order valence-electron chi connectivity index (χ3n) is 1.21. The summed E-state index contributed by atoms with van der Waals surface area (Å²) in [7, 11) is 1.20. The Balaban J connectivity index is 3.65. The van der Waals surface area contributed by atoms with E-state index in [1.807, 2.05) is 6.92 Å².